The molecule has 1 amide bonds. The number of ether oxygens (including phenoxy) is 2. The number of hydrogen-bond donors (Lipinski definition) is 1. The molecule has 1 saturated heterocycles. The summed E-state index contributed by atoms with van der Waals surface area (Å²) in [6.45, 7) is 0.200. The van der Waals surface area contributed by atoms with E-state index >= 15 is 0 Å². The fourth-order valence-corrected chi connectivity index (χ4v) is 7.08. The normalized spacial score (nSPS) is 20.3. The van der Waals surface area contributed by atoms with Crippen molar-refractivity contribution in [3.8, 4) is 5.75 Å². The van der Waals surface area contributed by atoms with Gasteiger partial charge in [0.1, 0.15) is 11.8 Å². The lowest BCUT2D eigenvalue weighted by Crippen LogP contribution is -2.46. The van der Waals surface area contributed by atoms with Crippen molar-refractivity contribution in [1.82, 2.24) is 9.62 Å². The molecule has 3 aromatic rings. The van der Waals surface area contributed by atoms with Crippen LogP contribution in [0, 0.1) is 5.92 Å². The molecule has 1 fully saturated rings. The van der Waals surface area contributed by atoms with Gasteiger partial charge in [-0.25, -0.2) is 8.42 Å². The maximum absolute atomic E-state index is 13.8. The Bertz CT molecular complexity index is 1260. The van der Waals surface area contributed by atoms with E-state index in [9.17, 15) is 18.0 Å². The smallest absolute Gasteiger partial charge is 0.310 e. The Labute approximate surface area is 208 Å². The summed E-state index contributed by atoms with van der Waals surface area (Å²) in [6.07, 6.45) is 0.00967. The number of carbonyl (C=O) groups is 2. The Morgan fingerprint density at radius 1 is 1.03 bits per heavy atom. The minimum absolute atomic E-state index is 0.00967. The number of nitrogens with zero attached hydrogens (tertiary/aromatic N) is 1. The highest BCUT2D eigenvalue weighted by molar-refractivity contribution is 7.89. The van der Waals surface area contributed by atoms with Gasteiger partial charge in [0, 0.05) is 11.4 Å². The molecule has 0 aliphatic carbocycles. The molecule has 10 heteroatoms. The predicted octanol–water partition coefficient (Wildman–Crippen LogP) is 3.37. The molecule has 8 nitrogen and oxygen atoms in total. The molecule has 0 radical (unpaired) electrons. The second-order valence-electron chi connectivity index (χ2n) is 8.06. The Morgan fingerprint density at radius 3 is 2.34 bits per heavy atom. The van der Waals surface area contributed by atoms with Crippen LogP contribution in [-0.2, 0) is 30.9 Å². The number of esters is 1. The average Bonchev–Trinajstić information content (AvgIpc) is 3.56. The molecule has 1 aliphatic heterocycles. The molecule has 1 aromatic heterocycles. The summed E-state index contributed by atoms with van der Waals surface area (Å²) < 4.78 is 39.0. The van der Waals surface area contributed by atoms with Crippen LogP contribution in [0.5, 0.6) is 5.75 Å². The second-order valence-corrected chi connectivity index (χ2v) is 10.9. The Hall–Kier alpha value is -3.21. The van der Waals surface area contributed by atoms with E-state index in [0.717, 1.165) is 5.56 Å². The van der Waals surface area contributed by atoms with Crippen molar-refractivity contribution in [2.24, 2.45) is 5.92 Å². The first-order valence-corrected chi connectivity index (χ1v) is 13.3. The third kappa shape index (κ3) is 5.09. The molecule has 1 N–H and O–H groups in total. The lowest BCUT2D eigenvalue weighted by Gasteiger charge is -2.29. The predicted molar refractivity (Wildman–Crippen MR) is 131 cm³/mol. The summed E-state index contributed by atoms with van der Waals surface area (Å²) in [6, 6.07) is 16.8. The largest absolute Gasteiger partial charge is 0.497 e. The van der Waals surface area contributed by atoms with E-state index in [1.165, 1.54) is 34.9 Å². The number of amides is 1. The molecular weight excluding hydrogens is 488 g/mol. The minimum Gasteiger partial charge on any atom is -0.497 e. The van der Waals surface area contributed by atoms with Crippen molar-refractivity contribution in [2.75, 3.05) is 14.2 Å². The van der Waals surface area contributed by atoms with Gasteiger partial charge in [-0.05, 0) is 47.7 Å². The van der Waals surface area contributed by atoms with Crippen LogP contribution < -0.4 is 10.1 Å². The fraction of sp³-hybridized carbons (Fsp3) is 0.280. The number of nitrogens with one attached hydrogen (secondary N) is 1. The summed E-state index contributed by atoms with van der Waals surface area (Å²) in [5.41, 5.74) is 0.828. The second kappa shape index (κ2) is 10.6. The maximum atomic E-state index is 13.8. The number of hydrogen-bond acceptors (Lipinski definition) is 7. The fourth-order valence-electron chi connectivity index (χ4n) is 4.31. The van der Waals surface area contributed by atoms with Crippen LogP contribution in [0.15, 0.2) is 77.0 Å². The third-order valence-electron chi connectivity index (χ3n) is 6.03. The quantitative estimate of drug-likeness (QED) is 0.463. The summed E-state index contributed by atoms with van der Waals surface area (Å²) in [7, 11) is -1.29. The monoisotopic (exact) mass is 514 g/mol. The molecule has 0 bridgehead atoms. The minimum atomic E-state index is -4.12. The highest BCUT2D eigenvalue weighted by Gasteiger charge is 2.54. The van der Waals surface area contributed by atoms with Crippen molar-refractivity contribution in [3.63, 3.8) is 0 Å². The molecule has 184 valence electrons. The third-order valence-corrected chi connectivity index (χ3v) is 8.87. The zero-order valence-electron chi connectivity index (χ0n) is 19.3. The summed E-state index contributed by atoms with van der Waals surface area (Å²) in [5.74, 6) is -1.17. The van der Waals surface area contributed by atoms with Crippen molar-refractivity contribution >= 4 is 33.2 Å². The zero-order valence-corrected chi connectivity index (χ0v) is 20.9. The highest BCUT2D eigenvalue weighted by atomic mass is 32.2. The zero-order chi connectivity index (χ0) is 25.0. The van der Waals surface area contributed by atoms with Crippen LogP contribution >= 0.6 is 11.3 Å². The molecule has 4 rings (SSSR count). The summed E-state index contributed by atoms with van der Waals surface area (Å²) >= 11 is 1.34. The van der Waals surface area contributed by atoms with Crippen molar-refractivity contribution < 1.29 is 27.5 Å². The van der Waals surface area contributed by atoms with Gasteiger partial charge in [-0.3, -0.25) is 9.59 Å². The first-order valence-electron chi connectivity index (χ1n) is 11.0. The van der Waals surface area contributed by atoms with Gasteiger partial charge < -0.3 is 14.8 Å². The molecule has 2 heterocycles. The van der Waals surface area contributed by atoms with Gasteiger partial charge in [0.25, 0.3) is 0 Å². The first kappa shape index (κ1) is 24.9. The van der Waals surface area contributed by atoms with Gasteiger partial charge in [0.05, 0.1) is 31.1 Å². The molecule has 35 heavy (non-hydrogen) atoms. The topological polar surface area (TPSA) is 102 Å². The van der Waals surface area contributed by atoms with E-state index in [4.69, 9.17) is 9.47 Å². The molecule has 1 aliphatic rings. The van der Waals surface area contributed by atoms with E-state index in [1.807, 2.05) is 17.5 Å². The van der Waals surface area contributed by atoms with Crippen LogP contribution in [0.4, 0.5) is 0 Å². The molecule has 0 saturated carbocycles. The number of thiophene rings is 1. The van der Waals surface area contributed by atoms with Gasteiger partial charge >= 0.3 is 5.97 Å². The van der Waals surface area contributed by atoms with E-state index in [0.29, 0.717) is 10.6 Å². The van der Waals surface area contributed by atoms with E-state index in [2.05, 4.69) is 5.32 Å². The first-order chi connectivity index (χ1) is 16.9. The maximum Gasteiger partial charge on any atom is 0.310 e. The van der Waals surface area contributed by atoms with Gasteiger partial charge in [0.15, 0.2) is 0 Å². The molecule has 2 aromatic carbocycles. The van der Waals surface area contributed by atoms with Crippen molar-refractivity contribution in [1.29, 1.82) is 0 Å². The molecule has 0 spiro atoms. The lowest BCUT2D eigenvalue weighted by atomic mass is 9.98. The number of methoxy groups -OCH3 is 2. The van der Waals surface area contributed by atoms with Crippen LogP contribution in [0.2, 0.25) is 0 Å². The van der Waals surface area contributed by atoms with Crippen LogP contribution in [0.25, 0.3) is 0 Å². The SMILES string of the molecule is COC(=O)C1CC(C(=O)NCc2ccc(OC)cc2)N(S(=O)(=O)c2ccccc2)C1c1cccs1. The average molecular weight is 515 g/mol. The Morgan fingerprint density at radius 2 is 1.74 bits per heavy atom. The van der Waals surface area contributed by atoms with E-state index in [1.54, 1.807) is 49.6 Å². The van der Waals surface area contributed by atoms with Crippen LogP contribution in [-0.4, -0.2) is 44.9 Å². The van der Waals surface area contributed by atoms with Crippen molar-refractivity contribution in [2.45, 2.75) is 29.9 Å². The Kier molecular flexibility index (Phi) is 7.54. The van der Waals surface area contributed by atoms with Gasteiger partial charge in [-0.15, -0.1) is 11.3 Å². The summed E-state index contributed by atoms with van der Waals surface area (Å²) in [4.78, 5) is 26.9. The number of benzene rings is 2. The van der Waals surface area contributed by atoms with Crippen LogP contribution in [0.1, 0.15) is 22.9 Å². The molecule has 3 unspecified atom stereocenters. The van der Waals surface area contributed by atoms with Gasteiger partial charge in [-0.1, -0.05) is 36.4 Å². The van der Waals surface area contributed by atoms with Gasteiger partial charge in [-0.2, -0.15) is 4.31 Å². The van der Waals surface area contributed by atoms with E-state index in [-0.39, 0.29) is 17.9 Å². The molecule has 3 atom stereocenters. The lowest BCUT2D eigenvalue weighted by molar-refractivity contribution is -0.146. The molecular formula is C25H26N2O6S2. The van der Waals surface area contributed by atoms with E-state index < -0.39 is 39.9 Å². The summed E-state index contributed by atoms with van der Waals surface area (Å²) in [5, 5.41) is 4.65. The number of sulfonamides is 1. The van der Waals surface area contributed by atoms with Crippen LogP contribution in [0.3, 0.4) is 0 Å². The van der Waals surface area contributed by atoms with Gasteiger partial charge in [0.2, 0.25) is 15.9 Å². The highest BCUT2D eigenvalue weighted by Crippen LogP contribution is 2.46. The number of rotatable bonds is 8. The standard InChI is InChI=1S/C25H26N2O6S2/c1-32-18-12-10-17(11-13-18)16-26-24(28)21-15-20(25(29)33-2)23(22-9-6-14-34-22)27(21)35(30,31)19-7-4-3-5-8-19/h3-14,20-21,23H,15-16H2,1-2H3,(H,26,28). The Balaban J connectivity index is 1.70. The van der Waals surface area contributed by atoms with Crippen molar-refractivity contribution in [3.05, 3.63) is 82.6 Å². The number of carbonyl (C=O) groups excluding carboxylic acids is 2.